The fourth-order valence-corrected chi connectivity index (χ4v) is 5.39. The fraction of sp³-hybridized carbons (Fsp3) is 0.333. The van der Waals surface area contributed by atoms with Crippen LogP contribution >= 0.6 is 23.1 Å². The Morgan fingerprint density at radius 2 is 1.87 bits per heavy atom. The van der Waals surface area contributed by atoms with Gasteiger partial charge in [0.2, 0.25) is 0 Å². The van der Waals surface area contributed by atoms with E-state index in [0.717, 1.165) is 37.3 Å². The van der Waals surface area contributed by atoms with Gasteiger partial charge < -0.3 is 4.42 Å². The molecule has 0 radical (unpaired) electrons. The molecule has 0 fully saturated rings. The average Bonchev–Trinajstić information content (AvgIpc) is 3.30. The lowest BCUT2D eigenvalue weighted by molar-refractivity contribution is 0.476. The quantitative estimate of drug-likeness (QED) is 0.271. The van der Waals surface area contributed by atoms with E-state index in [2.05, 4.69) is 45.0 Å². The van der Waals surface area contributed by atoms with E-state index in [9.17, 15) is 4.79 Å². The molecular weight excluding hydrogens is 412 g/mol. The van der Waals surface area contributed by atoms with Gasteiger partial charge in [0.25, 0.3) is 5.56 Å². The molecule has 0 bridgehead atoms. The lowest BCUT2D eigenvalue weighted by Crippen LogP contribution is -2.23. The van der Waals surface area contributed by atoms with E-state index in [1.165, 1.54) is 11.1 Å². The third kappa shape index (κ3) is 4.12. The molecule has 0 aliphatic heterocycles. The van der Waals surface area contributed by atoms with Crippen LogP contribution in [0.4, 0.5) is 0 Å². The molecule has 0 amide bonds. The number of aromatic nitrogens is 2. The molecule has 0 spiro atoms. The predicted molar refractivity (Wildman–Crippen MR) is 126 cm³/mol. The molecule has 4 rings (SSSR count). The summed E-state index contributed by atoms with van der Waals surface area (Å²) < 4.78 is 7.25. The van der Waals surface area contributed by atoms with Crippen LogP contribution in [0.15, 0.2) is 57.0 Å². The van der Waals surface area contributed by atoms with Crippen LogP contribution in [0.5, 0.6) is 0 Å². The molecule has 4 nitrogen and oxygen atoms in total. The topological polar surface area (TPSA) is 48.0 Å². The Morgan fingerprint density at radius 3 is 2.50 bits per heavy atom. The standard InChI is InChI=1S/C24H26N2O2S2/c1-15-16(2)30-21-20(15)22(27)26(13-19-7-6-12-28-19)23(25-21)29-14-17-8-10-18(11-9-17)24(3,4)5/h6-12H,13-14H2,1-5H3. The molecule has 3 aromatic heterocycles. The summed E-state index contributed by atoms with van der Waals surface area (Å²) >= 11 is 3.19. The average molecular weight is 439 g/mol. The molecule has 0 atom stereocenters. The fourth-order valence-electron chi connectivity index (χ4n) is 3.37. The summed E-state index contributed by atoms with van der Waals surface area (Å²) in [5, 5.41) is 1.45. The van der Waals surface area contributed by atoms with Crippen molar-refractivity contribution in [1.82, 2.24) is 9.55 Å². The first-order valence-corrected chi connectivity index (χ1v) is 11.8. The molecule has 0 aliphatic carbocycles. The molecule has 0 unspecified atom stereocenters. The lowest BCUT2D eigenvalue weighted by Gasteiger charge is -2.19. The zero-order chi connectivity index (χ0) is 21.5. The second-order valence-electron chi connectivity index (χ2n) is 8.56. The number of aryl methyl sites for hydroxylation is 2. The molecule has 0 N–H and O–H groups in total. The van der Waals surface area contributed by atoms with E-state index >= 15 is 0 Å². The summed E-state index contributed by atoms with van der Waals surface area (Å²) in [6.07, 6.45) is 1.63. The summed E-state index contributed by atoms with van der Waals surface area (Å²) in [5.41, 5.74) is 3.69. The van der Waals surface area contributed by atoms with Crippen LogP contribution in [0.1, 0.15) is 48.1 Å². The number of thiophene rings is 1. The van der Waals surface area contributed by atoms with Gasteiger partial charge in [0.1, 0.15) is 10.6 Å². The van der Waals surface area contributed by atoms with Crippen molar-refractivity contribution < 1.29 is 4.42 Å². The van der Waals surface area contributed by atoms with Crippen LogP contribution < -0.4 is 5.56 Å². The summed E-state index contributed by atoms with van der Waals surface area (Å²) in [7, 11) is 0. The highest BCUT2D eigenvalue weighted by Gasteiger charge is 2.18. The monoisotopic (exact) mass is 438 g/mol. The van der Waals surface area contributed by atoms with Crippen LogP contribution in [-0.2, 0) is 17.7 Å². The molecular formula is C24H26N2O2S2. The maximum atomic E-state index is 13.4. The van der Waals surface area contributed by atoms with Crippen molar-refractivity contribution in [2.45, 2.75) is 57.5 Å². The maximum absolute atomic E-state index is 13.4. The van der Waals surface area contributed by atoms with Crippen LogP contribution in [0, 0.1) is 13.8 Å². The number of benzene rings is 1. The SMILES string of the molecule is Cc1sc2nc(SCc3ccc(C(C)(C)C)cc3)n(Cc3ccco3)c(=O)c2c1C. The number of fused-ring (bicyclic) bond motifs is 1. The summed E-state index contributed by atoms with van der Waals surface area (Å²) in [6, 6.07) is 12.4. The van der Waals surface area contributed by atoms with Crippen LogP contribution in [0.25, 0.3) is 10.2 Å². The van der Waals surface area contributed by atoms with Gasteiger partial charge in [0.05, 0.1) is 18.2 Å². The number of hydrogen-bond acceptors (Lipinski definition) is 5. The van der Waals surface area contributed by atoms with Crippen molar-refractivity contribution in [3.63, 3.8) is 0 Å². The van der Waals surface area contributed by atoms with E-state index < -0.39 is 0 Å². The van der Waals surface area contributed by atoms with Crippen molar-refractivity contribution in [3.8, 4) is 0 Å². The first kappa shape index (κ1) is 20.9. The number of furan rings is 1. The normalized spacial score (nSPS) is 12.0. The van der Waals surface area contributed by atoms with E-state index in [1.807, 2.05) is 26.0 Å². The highest BCUT2D eigenvalue weighted by atomic mass is 32.2. The van der Waals surface area contributed by atoms with E-state index in [0.29, 0.717) is 6.54 Å². The van der Waals surface area contributed by atoms with Gasteiger partial charge in [0.15, 0.2) is 5.16 Å². The summed E-state index contributed by atoms with van der Waals surface area (Å²) in [4.78, 5) is 20.2. The summed E-state index contributed by atoms with van der Waals surface area (Å²) in [6.45, 7) is 11.1. The first-order valence-electron chi connectivity index (χ1n) is 9.99. The van der Waals surface area contributed by atoms with E-state index in [-0.39, 0.29) is 11.0 Å². The van der Waals surface area contributed by atoms with Gasteiger partial charge in [-0.15, -0.1) is 11.3 Å². The van der Waals surface area contributed by atoms with Gasteiger partial charge in [-0.2, -0.15) is 0 Å². The van der Waals surface area contributed by atoms with E-state index in [4.69, 9.17) is 9.40 Å². The Hall–Kier alpha value is -2.31. The minimum Gasteiger partial charge on any atom is -0.467 e. The molecule has 30 heavy (non-hydrogen) atoms. The minimum atomic E-state index is 0.00355. The van der Waals surface area contributed by atoms with Crippen molar-refractivity contribution in [2.24, 2.45) is 0 Å². The zero-order valence-corrected chi connectivity index (χ0v) is 19.6. The van der Waals surface area contributed by atoms with Crippen molar-refractivity contribution >= 4 is 33.3 Å². The molecule has 156 valence electrons. The molecule has 4 aromatic rings. The Bertz CT molecular complexity index is 1230. The number of nitrogens with zero attached hydrogens (tertiary/aromatic N) is 2. The smallest absolute Gasteiger partial charge is 0.263 e. The second-order valence-corrected chi connectivity index (χ2v) is 10.7. The third-order valence-electron chi connectivity index (χ3n) is 5.34. The Balaban J connectivity index is 1.69. The van der Waals surface area contributed by atoms with Gasteiger partial charge in [0, 0.05) is 10.6 Å². The van der Waals surface area contributed by atoms with Gasteiger partial charge in [-0.1, -0.05) is 56.8 Å². The first-order chi connectivity index (χ1) is 14.2. The molecule has 0 aliphatic rings. The van der Waals surface area contributed by atoms with Crippen LogP contribution in [0.3, 0.4) is 0 Å². The van der Waals surface area contributed by atoms with Gasteiger partial charge in [-0.05, 0) is 48.1 Å². The Kier molecular flexibility index (Phi) is 5.64. The van der Waals surface area contributed by atoms with Crippen molar-refractivity contribution in [3.05, 3.63) is 80.3 Å². The lowest BCUT2D eigenvalue weighted by atomic mass is 9.87. The van der Waals surface area contributed by atoms with Crippen LogP contribution in [0.2, 0.25) is 0 Å². The number of hydrogen-bond donors (Lipinski definition) is 0. The van der Waals surface area contributed by atoms with Crippen molar-refractivity contribution in [2.75, 3.05) is 0 Å². The minimum absolute atomic E-state index is 0.00355. The molecule has 6 heteroatoms. The number of thioether (sulfide) groups is 1. The van der Waals surface area contributed by atoms with Crippen molar-refractivity contribution in [1.29, 1.82) is 0 Å². The maximum Gasteiger partial charge on any atom is 0.263 e. The van der Waals surface area contributed by atoms with Gasteiger partial charge >= 0.3 is 0 Å². The predicted octanol–water partition coefficient (Wildman–Crippen LogP) is 6.31. The molecule has 0 saturated carbocycles. The molecule has 3 heterocycles. The van der Waals surface area contributed by atoms with Gasteiger partial charge in [-0.25, -0.2) is 4.98 Å². The highest BCUT2D eigenvalue weighted by molar-refractivity contribution is 7.98. The third-order valence-corrected chi connectivity index (χ3v) is 7.48. The molecule has 0 saturated heterocycles. The Labute approximate surface area is 185 Å². The summed E-state index contributed by atoms with van der Waals surface area (Å²) in [5.74, 6) is 1.50. The largest absolute Gasteiger partial charge is 0.467 e. The second kappa shape index (κ2) is 8.08. The number of rotatable bonds is 5. The van der Waals surface area contributed by atoms with Crippen LogP contribution in [-0.4, -0.2) is 9.55 Å². The highest BCUT2D eigenvalue weighted by Crippen LogP contribution is 2.30. The molecule has 1 aromatic carbocycles. The zero-order valence-electron chi connectivity index (χ0n) is 18.0. The Morgan fingerprint density at radius 1 is 1.13 bits per heavy atom. The van der Waals surface area contributed by atoms with Gasteiger partial charge in [-0.3, -0.25) is 9.36 Å². The van der Waals surface area contributed by atoms with E-state index in [1.54, 1.807) is 33.9 Å².